The minimum atomic E-state index is -0.503. The molecule has 1 heterocycles. The molecule has 1 N–H and O–H groups in total. The van der Waals surface area contributed by atoms with Crippen LogP contribution >= 0.6 is 0 Å². The van der Waals surface area contributed by atoms with Gasteiger partial charge in [-0.2, -0.15) is 0 Å². The minimum absolute atomic E-state index is 0.0565. The molecule has 3 nitrogen and oxygen atoms in total. The zero-order valence-electron chi connectivity index (χ0n) is 14.1. The van der Waals surface area contributed by atoms with E-state index < -0.39 is 5.82 Å². The van der Waals surface area contributed by atoms with Crippen molar-refractivity contribution in [2.75, 3.05) is 19.7 Å². The number of carbonyl (C=O) groups is 1. The van der Waals surface area contributed by atoms with Gasteiger partial charge < -0.3 is 10.0 Å². The van der Waals surface area contributed by atoms with E-state index in [2.05, 4.69) is 0 Å². The second-order valence-electron chi connectivity index (χ2n) is 6.60. The van der Waals surface area contributed by atoms with E-state index in [-0.39, 0.29) is 24.2 Å². The topological polar surface area (TPSA) is 40.5 Å². The molecule has 1 unspecified atom stereocenters. The number of benzene rings is 2. The molecule has 1 aliphatic heterocycles. The predicted molar refractivity (Wildman–Crippen MR) is 92.2 cm³/mol. The van der Waals surface area contributed by atoms with Gasteiger partial charge in [0.2, 0.25) is 0 Å². The van der Waals surface area contributed by atoms with Crippen molar-refractivity contribution in [3.8, 4) is 11.1 Å². The molecule has 0 spiro atoms. The number of halogens is 2. The van der Waals surface area contributed by atoms with Crippen molar-refractivity contribution in [2.24, 2.45) is 5.92 Å². The summed E-state index contributed by atoms with van der Waals surface area (Å²) in [6.07, 6.45) is 1.74. The number of likely N-dealkylation sites (tertiary alicyclic amines) is 1. The van der Waals surface area contributed by atoms with Gasteiger partial charge in [0.1, 0.15) is 11.6 Å². The monoisotopic (exact) mass is 345 g/mol. The zero-order chi connectivity index (χ0) is 18.0. The molecular formula is C20H21F2NO2. The summed E-state index contributed by atoms with van der Waals surface area (Å²) in [5, 5.41) is 9.29. The van der Waals surface area contributed by atoms with Crippen LogP contribution in [-0.2, 0) is 0 Å². The summed E-state index contributed by atoms with van der Waals surface area (Å²) in [6, 6.07) is 8.60. The van der Waals surface area contributed by atoms with Crippen LogP contribution in [-0.4, -0.2) is 35.6 Å². The number of rotatable bonds is 3. The van der Waals surface area contributed by atoms with Crippen LogP contribution in [0.25, 0.3) is 11.1 Å². The Hall–Kier alpha value is -2.27. The van der Waals surface area contributed by atoms with Crippen molar-refractivity contribution in [3.05, 3.63) is 59.2 Å². The van der Waals surface area contributed by atoms with E-state index in [0.29, 0.717) is 35.3 Å². The molecule has 0 aliphatic carbocycles. The molecule has 0 saturated carbocycles. The molecule has 3 rings (SSSR count). The fraction of sp³-hybridized carbons (Fsp3) is 0.350. The zero-order valence-corrected chi connectivity index (χ0v) is 14.1. The number of nitrogens with zero attached hydrogens (tertiary/aromatic N) is 1. The molecule has 1 fully saturated rings. The first-order chi connectivity index (χ1) is 12.0. The highest BCUT2D eigenvalue weighted by Crippen LogP contribution is 2.28. The Labute approximate surface area is 145 Å². The maximum absolute atomic E-state index is 14.6. The Morgan fingerprint density at radius 3 is 2.64 bits per heavy atom. The molecule has 1 saturated heterocycles. The van der Waals surface area contributed by atoms with Gasteiger partial charge in [-0.1, -0.05) is 12.1 Å². The number of carbonyl (C=O) groups excluding carboxylic acids is 1. The number of piperidine rings is 1. The lowest BCUT2D eigenvalue weighted by atomic mass is 9.96. The third kappa shape index (κ3) is 3.71. The van der Waals surface area contributed by atoms with Gasteiger partial charge in [0.05, 0.1) is 0 Å². The van der Waals surface area contributed by atoms with Gasteiger partial charge in [-0.15, -0.1) is 0 Å². The van der Waals surface area contributed by atoms with Crippen molar-refractivity contribution < 1.29 is 18.7 Å². The lowest BCUT2D eigenvalue weighted by molar-refractivity contribution is 0.0620. The summed E-state index contributed by atoms with van der Waals surface area (Å²) in [7, 11) is 0. The van der Waals surface area contributed by atoms with Crippen molar-refractivity contribution in [3.63, 3.8) is 0 Å². The summed E-state index contributed by atoms with van der Waals surface area (Å²) in [6.45, 7) is 2.89. The maximum atomic E-state index is 14.6. The van der Waals surface area contributed by atoms with Gasteiger partial charge in [-0.05, 0) is 61.1 Å². The third-order valence-corrected chi connectivity index (χ3v) is 4.76. The van der Waals surface area contributed by atoms with E-state index >= 15 is 0 Å². The van der Waals surface area contributed by atoms with Gasteiger partial charge in [-0.25, -0.2) is 8.78 Å². The summed E-state index contributed by atoms with van der Waals surface area (Å²) in [5.74, 6) is -1.00. The van der Waals surface area contributed by atoms with Crippen LogP contribution in [0.4, 0.5) is 8.78 Å². The molecule has 2 aromatic rings. The Morgan fingerprint density at radius 2 is 1.96 bits per heavy atom. The second kappa shape index (κ2) is 7.31. The van der Waals surface area contributed by atoms with Crippen molar-refractivity contribution in [1.82, 2.24) is 4.90 Å². The van der Waals surface area contributed by atoms with Crippen LogP contribution in [0, 0.1) is 24.5 Å². The fourth-order valence-electron chi connectivity index (χ4n) is 3.38. The first-order valence-corrected chi connectivity index (χ1v) is 8.46. The van der Waals surface area contributed by atoms with E-state index in [1.807, 2.05) is 0 Å². The molecule has 132 valence electrons. The van der Waals surface area contributed by atoms with E-state index in [4.69, 9.17) is 0 Å². The molecule has 5 heteroatoms. The summed E-state index contributed by atoms with van der Waals surface area (Å²) in [4.78, 5) is 14.3. The lowest BCUT2D eigenvalue weighted by Gasteiger charge is -2.32. The number of aryl methyl sites for hydroxylation is 1. The van der Waals surface area contributed by atoms with Crippen molar-refractivity contribution in [2.45, 2.75) is 19.8 Å². The normalized spacial score (nSPS) is 17.6. The smallest absolute Gasteiger partial charge is 0.253 e. The number of amides is 1. The quantitative estimate of drug-likeness (QED) is 0.920. The average molecular weight is 345 g/mol. The Bertz CT molecular complexity index is 791. The SMILES string of the molecule is Cc1cc(F)ccc1-c1ccc(C(=O)N2CCCC(CO)C2)cc1F. The van der Waals surface area contributed by atoms with E-state index in [1.54, 1.807) is 30.0 Å². The van der Waals surface area contributed by atoms with Gasteiger partial charge >= 0.3 is 0 Å². The van der Waals surface area contributed by atoms with E-state index in [0.717, 1.165) is 12.8 Å². The highest BCUT2D eigenvalue weighted by Gasteiger charge is 2.24. The van der Waals surface area contributed by atoms with Crippen LogP contribution in [0.5, 0.6) is 0 Å². The molecule has 1 atom stereocenters. The molecule has 2 aromatic carbocycles. The Morgan fingerprint density at radius 1 is 1.20 bits per heavy atom. The van der Waals surface area contributed by atoms with Crippen LogP contribution in [0.3, 0.4) is 0 Å². The minimum Gasteiger partial charge on any atom is -0.396 e. The number of aliphatic hydroxyl groups is 1. The first kappa shape index (κ1) is 17.5. The van der Waals surface area contributed by atoms with Crippen LogP contribution < -0.4 is 0 Å². The van der Waals surface area contributed by atoms with Gasteiger partial charge in [0, 0.05) is 30.8 Å². The maximum Gasteiger partial charge on any atom is 0.253 e. The molecule has 0 radical (unpaired) electrons. The Kier molecular flexibility index (Phi) is 5.13. The predicted octanol–water partition coefficient (Wildman–Crippen LogP) is 3.78. The molecule has 25 heavy (non-hydrogen) atoms. The van der Waals surface area contributed by atoms with Gasteiger partial charge in [0.25, 0.3) is 5.91 Å². The van der Waals surface area contributed by atoms with E-state index in [1.165, 1.54) is 18.2 Å². The molecule has 1 amide bonds. The third-order valence-electron chi connectivity index (χ3n) is 4.76. The second-order valence-corrected chi connectivity index (χ2v) is 6.60. The highest BCUT2D eigenvalue weighted by molar-refractivity contribution is 5.95. The average Bonchev–Trinajstić information content (AvgIpc) is 2.61. The summed E-state index contributed by atoms with van der Waals surface area (Å²) < 4.78 is 27.8. The molecule has 0 bridgehead atoms. The highest BCUT2D eigenvalue weighted by atomic mass is 19.1. The summed E-state index contributed by atoms with van der Waals surface area (Å²) in [5.41, 5.74) is 1.89. The number of hydrogen-bond donors (Lipinski definition) is 1. The van der Waals surface area contributed by atoms with E-state index in [9.17, 15) is 18.7 Å². The first-order valence-electron chi connectivity index (χ1n) is 8.46. The number of hydrogen-bond acceptors (Lipinski definition) is 2. The Balaban J connectivity index is 1.85. The van der Waals surface area contributed by atoms with Crippen LogP contribution in [0.2, 0.25) is 0 Å². The molecule has 1 aliphatic rings. The van der Waals surface area contributed by atoms with Crippen molar-refractivity contribution in [1.29, 1.82) is 0 Å². The van der Waals surface area contributed by atoms with Crippen LogP contribution in [0.1, 0.15) is 28.8 Å². The molecular weight excluding hydrogens is 324 g/mol. The largest absolute Gasteiger partial charge is 0.396 e. The lowest BCUT2D eigenvalue weighted by Crippen LogP contribution is -2.40. The molecule has 0 aromatic heterocycles. The van der Waals surface area contributed by atoms with Gasteiger partial charge in [-0.3, -0.25) is 4.79 Å². The standard InChI is InChI=1S/C20H21F2NO2/c1-13-9-16(21)5-7-17(13)18-6-4-15(10-19(18)22)20(25)23-8-2-3-14(11-23)12-24/h4-7,9-10,14,24H,2-3,8,11-12H2,1H3. The fourth-order valence-corrected chi connectivity index (χ4v) is 3.38. The number of aliphatic hydroxyl groups excluding tert-OH is 1. The van der Waals surface area contributed by atoms with Crippen molar-refractivity contribution >= 4 is 5.91 Å². The van der Waals surface area contributed by atoms with Gasteiger partial charge in [0.15, 0.2) is 0 Å². The summed E-state index contributed by atoms with van der Waals surface area (Å²) >= 11 is 0. The van der Waals surface area contributed by atoms with Crippen LogP contribution in [0.15, 0.2) is 36.4 Å².